The van der Waals surface area contributed by atoms with Crippen LogP contribution in [0.4, 0.5) is 0 Å². The molecule has 0 heterocycles. The lowest BCUT2D eigenvalue weighted by Gasteiger charge is -2.22. The van der Waals surface area contributed by atoms with Gasteiger partial charge < -0.3 is 10.2 Å². The summed E-state index contributed by atoms with van der Waals surface area (Å²) in [5, 5.41) is 17.8. The van der Waals surface area contributed by atoms with Crippen molar-refractivity contribution < 1.29 is 19.8 Å². The van der Waals surface area contributed by atoms with E-state index in [0.717, 1.165) is 12.8 Å². The Morgan fingerprint density at radius 3 is 1.80 bits per heavy atom. The van der Waals surface area contributed by atoms with E-state index in [1.54, 1.807) is 0 Å². The summed E-state index contributed by atoms with van der Waals surface area (Å²) in [7, 11) is 0. The first-order valence-corrected chi connectivity index (χ1v) is 5.35. The van der Waals surface area contributed by atoms with Crippen molar-refractivity contribution in [2.75, 3.05) is 0 Å². The molecule has 0 atom stereocenters. The van der Waals surface area contributed by atoms with Gasteiger partial charge in [0.1, 0.15) is 0 Å². The zero-order valence-electron chi connectivity index (χ0n) is 9.62. The van der Waals surface area contributed by atoms with Gasteiger partial charge in [0.2, 0.25) is 0 Å². The summed E-state index contributed by atoms with van der Waals surface area (Å²) in [6.45, 7) is 5.35. The van der Waals surface area contributed by atoms with E-state index in [4.69, 9.17) is 10.2 Å². The SMILES string of the molecule is CCC(CC)CCC(C)(C(=O)O)C(=O)O. The second-order valence-electron chi connectivity index (χ2n) is 4.16. The molecule has 0 rings (SSSR count). The van der Waals surface area contributed by atoms with Crippen LogP contribution in [0.15, 0.2) is 0 Å². The molecule has 0 radical (unpaired) electrons. The average Bonchev–Trinajstić information content (AvgIpc) is 2.18. The molecule has 2 N–H and O–H groups in total. The first-order chi connectivity index (χ1) is 6.88. The van der Waals surface area contributed by atoms with Crippen molar-refractivity contribution in [3.63, 3.8) is 0 Å². The van der Waals surface area contributed by atoms with Crippen LogP contribution in [-0.4, -0.2) is 22.2 Å². The lowest BCUT2D eigenvalue weighted by molar-refractivity contribution is -0.164. The van der Waals surface area contributed by atoms with Gasteiger partial charge in [-0.1, -0.05) is 26.7 Å². The van der Waals surface area contributed by atoms with Gasteiger partial charge in [-0.3, -0.25) is 9.59 Å². The molecule has 0 saturated carbocycles. The summed E-state index contributed by atoms with van der Waals surface area (Å²) in [6.07, 6.45) is 2.78. The van der Waals surface area contributed by atoms with Gasteiger partial charge in [-0.05, 0) is 25.7 Å². The van der Waals surface area contributed by atoms with E-state index in [-0.39, 0.29) is 6.42 Å². The molecule has 0 bridgehead atoms. The number of rotatable bonds is 7. The Morgan fingerprint density at radius 1 is 1.13 bits per heavy atom. The van der Waals surface area contributed by atoms with Gasteiger partial charge in [-0.25, -0.2) is 0 Å². The van der Waals surface area contributed by atoms with E-state index in [1.807, 2.05) is 13.8 Å². The molecule has 4 nitrogen and oxygen atoms in total. The topological polar surface area (TPSA) is 74.6 Å². The number of aliphatic carboxylic acids is 2. The van der Waals surface area contributed by atoms with Crippen LogP contribution in [0.5, 0.6) is 0 Å². The quantitative estimate of drug-likeness (QED) is 0.641. The van der Waals surface area contributed by atoms with Crippen molar-refractivity contribution in [2.24, 2.45) is 11.3 Å². The van der Waals surface area contributed by atoms with E-state index in [0.29, 0.717) is 12.3 Å². The Morgan fingerprint density at radius 2 is 1.53 bits per heavy atom. The summed E-state index contributed by atoms with van der Waals surface area (Å²) < 4.78 is 0. The van der Waals surface area contributed by atoms with E-state index in [2.05, 4.69) is 0 Å². The fourth-order valence-corrected chi connectivity index (χ4v) is 1.50. The van der Waals surface area contributed by atoms with E-state index in [9.17, 15) is 9.59 Å². The van der Waals surface area contributed by atoms with Crippen LogP contribution in [0.2, 0.25) is 0 Å². The molecule has 0 aliphatic rings. The monoisotopic (exact) mass is 216 g/mol. The molecule has 0 aliphatic heterocycles. The lowest BCUT2D eigenvalue weighted by Crippen LogP contribution is -2.36. The summed E-state index contributed by atoms with van der Waals surface area (Å²) in [4.78, 5) is 21.7. The van der Waals surface area contributed by atoms with Gasteiger partial charge >= 0.3 is 11.9 Å². The summed E-state index contributed by atoms with van der Waals surface area (Å²) in [6, 6.07) is 0. The first kappa shape index (κ1) is 13.9. The third-order valence-electron chi connectivity index (χ3n) is 3.15. The first-order valence-electron chi connectivity index (χ1n) is 5.35. The van der Waals surface area contributed by atoms with E-state index >= 15 is 0 Å². The molecular formula is C11H20O4. The minimum absolute atomic E-state index is 0.198. The minimum Gasteiger partial charge on any atom is -0.480 e. The van der Waals surface area contributed by atoms with Gasteiger partial charge in [0.15, 0.2) is 5.41 Å². The number of carboxylic acids is 2. The lowest BCUT2D eigenvalue weighted by atomic mass is 9.82. The summed E-state index contributed by atoms with van der Waals surface area (Å²) in [5.74, 6) is -2.08. The van der Waals surface area contributed by atoms with Crippen molar-refractivity contribution in [2.45, 2.75) is 46.5 Å². The summed E-state index contributed by atoms with van der Waals surface area (Å²) in [5.41, 5.74) is -1.64. The molecule has 0 aromatic heterocycles. The molecule has 0 unspecified atom stereocenters. The van der Waals surface area contributed by atoms with Gasteiger partial charge in [-0.15, -0.1) is 0 Å². The maximum absolute atomic E-state index is 10.9. The van der Waals surface area contributed by atoms with Gasteiger partial charge in [0, 0.05) is 0 Å². The molecule has 88 valence electrons. The van der Waals surface area contributed by atoms with Crippen LogP contribution in [0.1, 0.15) is 46.5 Å². The molecule has 0 amide bonds. The third-order valence-corrected chi connectivity index (χ3v) is 3.15. The zero-order valence-corrected chi connectivity index (χ0v) is 9.62. The normalized spacial score (nSPS) is 11.7. The van der Waals surface area contributed by atoms with Crippen LogP contribution in [0.3, 0.4) is 0 Å². The predicted molar refractivity (Wildman–Crippen MR) is 56.7 cm³/mol. The van der Waals surface area contributed by atoms with E-state index < -0.39 is 17.4 Å². The van der Waals surface area contributed by atoms with Gasteiger partial charge in [0.05, 0.1) is 0 Å². The average molecular weight is 216 g/mol. The Kier molecular flexibility index (Phi) is 5.33. The number of carboxylic acid groups (broad SMARTS) is 2. The molecule has 15 heavy (non-hydrogen) atoms. The Bertz CT molecular complexity index is 217. The summed E-state index contributed by atoms with van der Waals surface area (Å²) >= 11 is 0. The highest BCUT2D eigenvalue weighted by Crippen LogP contribution is 2.28. The number of carbonyl (C=O) groups is 2. The fourth-order valence-electron chi connectivity index (χ4n) is 1.50. The van der Waals surface area contributed by atoms with Crippen molar-refractivity contribution in [1.82, 2.24) is 0 Å². The molecule has 0 aromatic rings. The van der Waals surface area contributed by atoms with Crippen LogP contribution in [0.25, 0.3) is 0 Å². The van der Waals surface area contributed by atoms with Crippen molar-refractivity contribution in [1.29, 1.82) is 0 Å². The molecule has 0 aromatic carbocycles. The Balaban J connectivity index is 4.44. The van der Waals surface area contributed by atoms with Crippen molar-refractivity contribution in [3.8, 4) is 0 Å². The predicted octanol–water partition coefficient (Wildman–Crippen LogP) is 2.38. The molecule has 0 spiro atoms. The fraction of sp³-hybridized carbons (Fsp3) is 0.818. The maximum Gasteiger partial charge on any atom is 0.320 e. The second-order valence-corrected chi connectivity index (χ2v) is 4.16. The maximum atomic E-state index is 10.9. The van der Waals surface area contributed by atoms with Crippen LogP contribution in [-0.2, 0) is 9.59 Å². The van der Waals surface area contributed by atoms with Crippen LogP contribution in [0, 0.1) is 11.3 Å². The molecule has 0 aliphatic carbocycles. The Labute approximate surface area is 90.3 Å². The van der Waals surface area contributed by atoms with E-state index in [1.165, 1.54) is 6.92 Å². The highest BCUT2D eigenvalue weighted by atomic mass is 16.4. The minimum atomic E-state index is -1.64. The zero-order chi connectivity index (χ0) is 12.1. The third kappa shape index (κ3) is 3.53. The highest BCUT2D eigenvalue weighted by Gasteiger charge is 2.41. The molecule has 0 saturated heterocycles. The smallest absolute Gasteiger partial charge is 0.320 e. The number of hydrogen-bond donors (Lipinski definition) is 2. The highest BCUT2D eigenvalue weighted by molar-refractivity contribution is 5.97. The molecular weight excluding hydrogens is 196 g/mol. The second kappa shape index (κ2) is 5.73. The van der Waals surface area contributed by atoms with Gasteiger partial charge in [-0.2, -0.15) is 0 Å². The largest absolute Gasteiger partial charge is 0.480 e. The molecule has 0 fully saturated rings. The van der Waals surface area contributed by atoms with Crippen LogP contribution >= 0.6 is 0 Å². The molecule has 4 heteroatoms. The van der Waals surface area contributed by atoms with Gasteiger partial charge in [0.25, 0.3) is 0 Å². The van der Waals surface area contributed by atoms with Crippen LogP contribution < -0.4 is 0 Å². The Hall–Kier alpha value is -1.06. The standard InChI is InChI=1S/C11H20O4/c1-4-8(5-2)6-7-11(3,9(12)13)10(14)15/h8H,4-7H2,1-3H3,(H,12,13)(H,14,15). The van der Waals surface area contributed by atoms with Crippen molar-refractivity contribution in [3.05, 3.63) is 0 Å². The van der Waals surface area contributed by atoms with Crippen molar-refractivity contribution >= 4 is 11.9 Å². The number of hydrogen-bond acceptors (Lipinski definition) is 2.